The van der Waals surface area contributed by atoms with Crippen LogP contribution in [0, 0.1) is 0 Å². The number of aromatic nitrogens is 3. The number of amides is 1. The van der Waals surface area contributed by atoms with Crippen molar-refractivity contribution in [2.45, 2.75) is 18.3 Å². The zero-order valence-electron chi connectivity index (χ0n) is 15.0. The maximum Gasteiger partial charge on any atom is 0.387 e. The fourth-order valence-corrected chi connectivity index (χ4v) is 3.33. The van der Waals surface area contributed by atoms with Crippen LogP contribution in [0.15, 0.2) is 66.1 Å². The van der Waals surface area contributed by atoms with Gasteiger partial charge in [-0.1, -0.05) is 42.1 Å². The fourth-order valence-electron chi connectivity index (χ4n) is 2.46. The number of para-hydroxylation sites is 1. The maximum absolute atomic E-state index is 12.4. The van der Waals surface area contributed by atoms with Gasteiger partial charge < -0.3 is 9.64 Å². The first-order valence-electron chi connectivity index (χ1n) is 8.39. The Morgan fingerprint density at radius 2 is 1.89 bits per heavy atom. The number of thioether (sulfide) groups is 1. The van der Waals surface area contributed by atoms with Crippen molar-refractivity contribution in [3.63, 3.8) is 0 Å². The highest BCUT2D eigenvalue weighted by atomic mass is 32.2. The summed E-state index contributed by atoms with van der Waals surface area (Å²) < 4.78 is 30.5. The van der Waals surface area contributed by atoms with Gasteiger partial charge in [-0.15, -0.1) is 10.2 Å². The molecule has 3 aromatic rings. The molecule has 0 aliphatic rings. The monoisotopic (exact) mass is 404 g/mol. The van der Waals surface area contributed by atoms with Gasteiger partial charge in [0, 0.05) is 19.3 Å². The van der Waals surface area contributed by atoms with Crippen LogP contribution < -0.4 is 4.74 Å². The van der Waals surface area contributed by atoms with E-state index in [1.165, 1.54) is 23.9 Å². The van der Waals surface area contributed by atoms with Crippen LogP contribution in [-0.2, 0) is 11.3 Å². The molecular weight excluding hydrogens is 386 g/mol. The van der Waals surface area contributed by atoms with Crippen molar-refractivity contribution in [1.29, 1.82) is 0 Å². The zero-order valence-corrected chi connectivity index (χ0v) is 15.9. The predicted molar refractivity (Wildman–Crippen MR) is 102 cm³/mol. The van der Waals surface area contributed by atoms with Gasteiger partial charge in [-0.3, -0.25) is 9.36 Å². The molecule has 1 aromatic heterocycles. The lowest BCUT2D eigenvalue weighted by molar-refractivity contribution is -0.127. The van der Waals surface area contributed by atoms with E-state index in [4.69, 9.17) is 0 Å². The molecule has 3 rings (SSSR count). The molecule has 0 unspecified atom stereocenters. The second kappa shape index (κ2) is 9.32. The Morgan fingerprint density at radius 3 is 2.57 bits per heavy atom. The highest BCUT2D eigenvalue weighted by Gasteiger charge is 2.14. The summed E-state index contributed by atoms with van der Waals surface area (Å²) in [7, 11) is 1.69. The highest BCUT2D eigenvalue weighted by Crippen LogP contribution is 2.20. The molecule has 0 saturated heterocycles. The highest BCUT2D eigenvalue weighted by molar-refractivity contribution is 7.99. The van der Waals surface area contributed by atoms with Crippen molar-refractivity contribution in [2.24, 2.45) is 0 Å². The molecule has 0 fully saturated rings. The van der Waals surface area contributed by atoms with Crippen molar-refractivity contribution in [1.82, 2.24) is 19.7 Å². The molecule has 1 heterocycles. The van der Waals surface area contributed by atoms with Crippen LogP contribution in [0.3, 0.4) is 0 Å². The molecule has 0 saturated carbocycles. The van der Waals surface area contributed by atoms with Gasteiger partial charge in [-0.2, -0.15) is 8.78 Å². The van der Waals surface area contributed by atoms with E-state index in [-0.39, 0.29) is 17.4 Å². The molecule has 0 N–H and O–H groups in total. The van der Waals surface area contributed by atoms with Crippen molar-refractivity contribution in [3.8, 4) is 11.4 Å². The third-order valence-corrected chi connectivity index (χ3v) is 4.80. The number of carbonyl (C=O) groups is 1. The van der Waals surface area contributed by atoms with Crippen molar-refractivity contribution < 1.29 is 18.3 Å². The number of alkyl halides is 2. The summed E-state index contributed by atoms with van der Waals surface area (Å²) >= 11 is 1.30. The summed E-state index contributed by atoms with van der Waals surface area (Å²) in [5.74, 6) is 0.207. The summed E-state index contributed by atoms with van der Waals surface area (Å²) in [6.07, 6.45) is 1.61. The lowest BCUT2D eigenvalue weighted by atomic mass is 10.2. The second-order valence-electron chi connectivity index (χ2n) is 5.88. The van der Waals surface area contributed by atoms with E-state index in [0.717, 1.165) is 11.3 Å². The summed E-state index contributed by atoms with van der Waals surface area (Å²) in [5.41, 5.74) is 1.73. The Hall–Kier alpha value is -2.94. The van der Waals surface area contributed by atoms with E-state index in [1.54, 1.807) is 30.4 Å². The molecule has 28 heavy (non-hydrogen) atoms. The lowest BCUT2D eigenvalue weighted by Gasteiger charge is -2.17. The van der Waals surface area contributed by atoms with Crippen LogP contribution in [0.2, 0.25) is 0 Å². The SMILES string of the molecule is CN(Cc1ccc(OC(F)F)cc1)C(=O)CSc1nncn1-c1ccccc1. The first-order chi connectivity index (χ1) is 13.5. The molecule has 0 spiro atoms. The quantitative estimate of drug-likeness (QED) is 0.537. The maximum atomic E-state index is 12.4. The number of halogens is 2. The first-order valence-corrected chi connectivity index (χ1v) is 9.37. The summed E-state index contributed by atoms with van der Waals surface area (Å²) in [4.78, 5) is 14.0. The van der Waals surface area contributed by atoms with Gasteiger partial charge in [0.25, 0.3) is 0 Å². The van der Waals surface area contributed by atoms with Gasteiger partial charge in [0.2, 0.25) is 5.91 Å². The minimum atomic E-state index is -2.86. The predicted octanol–water partition coefficient (Wildman–Crippen LogP) is 3.62. The van der Waals surface area contributed by atoms with Crippen LogP contribution in [0.25, 0.3) is 5.69 Å². The third kappa shape index (κ3) is 5.29. The molecule has 9 heteroatoms. The van der Waals surface area contributed by atoms with Gasteiger partial charge in [0.15, 0.2) is 5.16 Å². The van der Waals surface area contributed by atoms with Gasteiger partial charge in [0.05, 0.1) is 5.75 Å². The third-order valence-electron chi connectivity index (χ3n) is 3.87. The zero-order chi connectivity index (χ0) is 19.9. The van der Waals surface area contributed by atoms with Gasteiger partial charge in [-0.05, 0) is 29.8 Å². The average Bonchev–Trinajstić information content (AvgIpc) is 3.16. The number of nitrogens with zero attached hydrogens (tertiary/aromatic N) is 4. The van der Waals surface area contributed by atoms with Gasteiger partial charge in [-0.25, -0.2) is 0 Å². The molecule has 1 amide bonds. The van der Waals surface area contributed by atoms with Crippen molar-refractivity contribution >= 4 is 17.7 Å². The smallest absolute Gasteiger partial charge is 0.387 e. The molecule has 0 bridgehead atoms. The van der Waals surface area contributed by atoms with E-state index in [2.05, 4.69) is 14.9 Å². The fraction of sp³-hybridized carbons (Fsp3) is 0.211. The lowest BCUT2D eigenvalue weighted by Crippen LogP contribution is -2.27. The first kappa shape index (κ1) is 19.8. The minimum absolute atomic E-state index is 0.0829. The minimum Gasteiger partial charge on any atom is -0.435 e. The Bertz CT molecular complexity index is 904. The average molecular weight is 404 g/mol. The number of ether oxygens (including phenoxy) is 1. The van der Waals surface area contributed by atoms with Crippen LogP contribution in [0.5, 0.6) is 5.75 Å². The molecule has 0 aliphatic heterocycles. The van der Waals surface area contributed by atoms with E-state index >= 15 is 0 Å². The number of hydrogen-bond acceptors (Lipinski definition) is 5. The Labute approximate surface area is 165 Å². The molecule has 6 nitrogen and oxygen atoms in total. The number of carbonyl (C=O) groups excluding carboxylic acids is 1. The van der Waals surface area contributed by atoms with Crippen LogP contribution in [-0.4, -0.2) is 45.0 Å². The molecule has 0 aliphatic carbocycles. The van der Waals surface area contributed by atoms with E-state index in [9.17, 15) is 13.6 Å². The number of rotatable bonds is 8. The van der Waals surface area contributed by atoms with Crippen LogP contribution >= 0.6 is 11.8 Å². The number of benzene rings is 2. The topological polar surface area (TPSA) is 60.2 Å². The standard InChI is InChI=1S/C19H18F2N4O2S/c1-24(11-14-7-9-16(10-8-14)27-18(20)21)17(26)12-28-19-23-22-13-25(19)15-5-3-2-4-6-15/h2-10,13,18H,11-12H2,1H3. The van der Waals surface area contributed by atoms with Crippen molar-refractivity contribution in [2.75, 3.05) is 12.8 Å². The summed E-state index contributed by atoms with van der Waals surface area (Å²) in [6, 6.07) is 15.8. The molecular formula is C19H18F2N4O2S. The molecule has 2 aromatic carbocycles. The normalized spacial score (nSPS) is 10.9. The Kier molecular flexibility index (Phi) is 6.59. The molecule has 146 valence electrons. The van der Waals surface area contributed by atoms with Crippen molar-refractivity contribution in [3.05, 3.63) is 66.5 Å². The Balaban J connectivity index is 1.55. The van der Waals surface area contributed by atoms with E-state index < -0.39 is 6.61 Å². The van der Waals surface area contributed by atoms with E-state index in [0.29, 0.717) is 11.7 Å². The van der Waals surface area contributed by atoms with Crippen LogP contribution in [0.4, 0.5) is 8.78 Å². The second-order valence-corrected chi connectivity index (χ2v) is 6.82. The Morgan fingerprint density at radius 1 is 1.18 bits per heavy atom. The van der Waals surface area contributed by atoms with Gasteiger partial charge in [0.1, 0.15) is 12.1 Å². The summed E-state index contributed by atoms with van der Waals surface area (Å²) in [5, 5.41) is 8.62. The van der Waals surface area contributed by atoms with E-state index in [1.807, 2.05) is 34.9 Å². The van der Waals surface area contributed by atoms with Gasteiger partial charge >= 0.3 is 6.61 Å². The van der Waals surface area contributed by atoms with Crippen LogP contribution in [0.1, 0.15) is 5.56 Å². The number of hydrogen-bond donors (Lipinski definition) is 0. The molecule has 0 radical (unpaired) electrons. The summed E-state index contributed by atoms with van der Waals surface area (Å²) in [6.45, 7) is -2.50. The largest absolute Gasteiger partial charge is 0.435 e. The molecule has 0 atom stereocenters.